The van der Waals surface area contributed by atoms with Gasteiger partial charge in [-0.05, 0) is 46.5 Å². The van der Waals surface area contributed by atoms with Crippen molar-refractivity contribution in [3.8, 4) is 0 Å². The summed E-state index contributed by atoms with van der Waals surface area (Å²) in [5.41, 5.74) is 3.16. The molecule has 6 heteroatoms. The first-order chi connectivity index (χ1) is 7.10. The number of hydrogen-bond acceptors (Lipinski definition) is 3. The van der Waals surface area contributed by atoms with Gasteiger partial charge in [-0.3, -0.25) is 4.57 Å². The Bertz CT molecular complexity index is 227. The summed E-state index contributed by atoms with van der Waals surface area (Å²) in [5, 5.41) is 0. The molecule has 1 aliphatic rings. The van der Waals surface area contributed by atoms with Gasteiger partial charge in [-0.25, -0.2) is 0 Å². The van der Waals surface area contributed by atoms with Crippen LogP contribution in [0.4, 0.5) is 0 Å². The summed E-state index contributed by atoms with van der Waals surface area (Å²) >= 11 is 0. The molecule has 1 aliphatic carbocycles. The van der Waals surface area contributed by atoms with Gasteiger partial charge in [0.25, 0.3) is 7.82 Å². The van der Waals surface area contributed by atoms with Crippen LogP contribution in [0.2, 0.25) is 0 Å². The lowest BCUT2D eigenvalue weighted by Crippen LogP contribution is -2.61. The zero-order valence-corrected chi connectivity index (χ0v) is 11.3. The predicted molar refractivity (Wildman–Crippen MR) is 60.4 cm³/mol. The van der Waals surface area contributed by atoms with Gasteiger partial charge in [0, 0.05) is 0 Å². The summed E-state index contributed by atoms with van der Waals surface area (Å²) in [6.45, 7) is 4.61. The molecule has 4 N–H and O–H groups in total. The predicted octanol–water partition coefficient (Wildman–Crippen LogP) is 0.823. The molecular formula is C10H24NO4P. The summed E-state index contributed by atoms with van der Waals surface area (Å²) in [4.78, 5) is 18.1. The van der Waals surface area contributed by atoms with E-state index in [0.717, 1.165) is 6.04 Å². The molecule has 1 atom stereocenters. The molecule has 0 aromatic rings. The van der Waals surface area contributed by atoms with Gasteiger partial charge in [-0.2, -0.15) is 0 Å². The highest BCUT2D eigenvalue weighted by atomic mass is 31.2. The number of rotatable bonds is 1. The van der Waals surface area contributed by atoms with E-state index in [4.69, 9.17) is 4.89 Å². The minimum Gasteiger partial charge on any atom is -0.756 e. The van der Waals surface area contributed by atoms with Crippen molar-refractivity contribution in [2.75, 3.05) is 0 Å². The van der Waals surface area contributed by atoms with E-state index in [-0.39, 0.29) is 0 Å². The first-order valence-corrected chi connectivity index (χ1v) is 7.17. The van der Waals surface area contributed by atoms with Gasteiger partial charge >= 0.3 is 0 Å². The van der Waals surface area contributed by atoms with E-state index >= 15 is 0 Å². The average molecular weight is 253 g/mol. The Morgan fingerprint density at radius 2 is 1.75 bits per heavy atom. The number of quaternary nitrogens is 1. The van der Waals surface area contributed by atoms with Gasteiger partial charge in [-0.15, -0.1) is 0 Å². The van der Waals surface area contributed by atoms with Crippen molar-refractivity contribution >= 4 is 7.82 Å². The second kappa shape index (κ2) is 6.72. The number of hydrogen-bond donors (Lipinski definition) is 2. The van der Waals surface area contributed by atoms with Crippen molar-refractivity contribution in [2.45, 2.75) is 64.5 Å². The maximum absolute atomic E-state index is 10.0. The zero-order valence-electron chi connectivity index (χ0n) is 10.4. The van der Waals surface area contributed by atoms with E-state index in [1.807, 2.05) is 0 Å². The lowest BCUT2D eigenvalue weighted by molar-refractivity contribution is -0.425. The molecule has 5 nitrogen and oxygen atoms in total. The molecule has 0 saturated heterocycles. The standard InChI is InChI=1S/C6H13N.C4H11O4P/c7-6-4-2-1-3-5-6;1-4(2,3)8-9(5,6)7/h6H,1-5,7H2;1-3H3,(H2,5,6,7). The average Bonchev–Trinajstić information content (AvgIpc) is 1.99. The van der Waals surface area contributed by atoms with Crippen molar-refractivity contribution < 1.29 is 24.6 Å². The Labute approximate surface area is 97.6 Å². The molecule has 98 valence electrons. The van der Waals surface area contributed by atoms with E-state index < -0.39 is 13.4 Å². The lowest BCUT2D eigenvalue weighted by Gasteiger charge is -2.26. The molecule has 1 saturated carbocycles. The first-order valence-electron chi connectivity index (χ1n) is 5.68. The SMILES string of the molecule is CC(C)(C)OP(=O)([O-])O.[NH3+]C1CCCCC1. The van der Waals surface area contributed by atoms with Gasteiger partial charge in [0.05, 0.1) is 11.6 Å². The quantitative estimate of drug-likeness (QED) is 0.676. The van der Waals surface area contributed by atoms with Crippen LogP contribution in [-0.4, -0.2) is 16.5 Å². The van der Waals surface area contributed by atoms with Crippen LogP contribution in [0, 0.1) is 0 Å². The highest BCUT2D eigenvalue weighted by Gasteiger charge is 2.16. The topological polar surface area (TPSA) is 97.2 Å². The zero-order chi connectivity index (χ0) is 12.8. The fraction of sp³-hybridized carbons (Fsp3) is 1.00. The van der Waals surface area contributed by atoms with Gasteiger partial charge in [0.2, 0.25) is 0 Å². The van der Waals surface area contributed by atoms with Crippen LogP contribution in [0.5, 0.6) is 0 Å². The van der Waals surface area contributed by atoms with Gasteiger partial charge < -0.3 is 20.0 Å². The monoisotopic (exact) mass is 253 g/mol. The minimum absolute atomic E-state index is 0.786. The van der Waals surface area contributed by atoms with Crippen LogP contribution in [0.3, 0.4) is 0 Å². The Morgan fingerprint density at radius 3 is 1.88 bits per heavy atom. The van der Waals surface area contributed by atoms with E-state index in [0.29, 0.717) is 0 Å². The van der Waals surface area contributed by atoms with Crippen LogP contribution < -0.4 is 10.6 Å². The van der Waals surface area contributed by atoms with Gasteiger partial charge in [0.15, 0.2) is 0 Å². The fourth-order valence-electron chi connectivity index (χ4n) is 1.53. The normalized spacial score (nSPS) is 21.9. The van der Waals surface area contributed by atoms with Crippen LogP contribution in [0.15, 0.2) is 0 Å². The van der Waals surface area contributed by atoms with Crippen molar-refractivity contribution in [3.05, 3.63) is 0 Å². The van der Waals surface area contributed by atoms with Crippen LogP contribution >= 0.6 is 7.82 Å². The van der Waals surface area contributed by atoms with Crippen LogP contribution in [-0.2, 0) is 9.09 Å². The third-order valence-electron chi connectivity index (χ3n) is 2.11. The summed E-state index contributed by atoms with van der Waals surface area (Å²) in [7, 11) is -4.54. The molecule has 0 spiro atoms. The highest BCUT2D eigenvalue weighted by molar-refractivity contribution is 7.44. The molecule has 1 fully saturated rings. The molecular weight excluding hydrogens is 229 g/mol. The Hall–Kier alpha value is 0.0700. The second-order valence-corrected chi connectivity index (χ2v) is 6.30. The maximum Gasteiger partial charge on any atom is 0.265 e. The van der Waals surface area contributed by atoms with Crippen molar-refractivity contribution in [3.63, 3.8) is 0 Å². The number of phosphoric ester groups is 1. The fourth-order valence-corrected chi connectivity index (χ4v) is 2.23. The molecule has 1 rings (SSSR count). The van der Waals surface area contributed by atoms with E-state index in [1.54, 1.807) is 0 Å². The lowest BCUT2D eigenvalue weighted by atomic mass is 9.97. The first kappa shape index (κ1) is 16.1. The number of phosphoric acid groups is 1. The molecule has 0 amide bonds. The summed E-state index contributed by atoms with van der Waals surface area (Å²) < 4.78 is 14.2. The Morgan fingerprint density at radius 1 is 1.31 bits per heavy atom. The largest absolute Gasteiger partial charge is 0.756 e. The summed E-state index contributed by atoms with van der Waals surface area (Å²) in [6.07, 6.45) is 7.05. The van der Waals surface area contributed by atoms with Crippen molar-refractivity contribution in [1.29, 1.82) is 0 Å². The van der Waals surface area contributed by atoms with Crippen LogP contribution in [0.1, 0.15) is 52.9 Å². The Balaban J connectivity index is 0.000000288. The molecule has 16 heavy (non-hydrogen) atoms. The van der Waals surface area contributed by atoms with Gasteiger partial charge in [0.1, 0.15) is 0 Å². The highest BCUT2D eigenvalue weighted by Crippen LogP contribution is 2.36. The molecule has 0 aliphatic heterocycles. The molecule has 0 bridgehead atoms. The van der Waals surface area contributed by atoms with Crippen molar-refractivity contribution in [2.24, 2.45) is 0 Å². The van der Waals surface area contributed by atoms with E-state index in [2.05, 4.69) is 10.3 Å². The maximum atomic E-state index is 10.0. The molecule has 0 heterocycles. The van der Waals surface area contributed by atoms with E-state index in [1.165, 1.54) is 52.9 Å². The van der Waals surface area contributed by atoms with Crippen LogP contribution in [0.25, 0.3) is 0 Å². The van der Waals surface area contributed by atoms with Gasteiger partial charge in [-0.1, -0.05) is 6.42 Å². The summed E-state index contributed by atoms with van der Waals surface area (Å²) in [6, 6.07) is 0.786. The van der Waals surface area contributed by atoms with Crippen molar-refractivity contribution in [1.82, 2.24) is 0 Å². The molecule has 1 unspecified atom stereocenters. The Kier molecular flexibility index (Phi) is 6.75. The minimum atomic E-state index is -4.54. The second-order valence-electron chi connectivity index (χ2n) is 5.18. The summed E-state index contributed by atoms with van der Waals surface area (Å²) in [5.74, 6) is 0. The third-order valence-corrected chi connectivity index (χ3v) is 2.89. The smallest absolute Gasteiger partial charge is 0.265 e. The third kappa shape index (κ3) is 12.1. The van der Waals surface area contributed by atoms with E-state index in [9.17, 15) is 9.46 Å². The molecule has 0 aromatic heterocycles. The molecule has 0 aromatic carbocycles. The molecule has 0 radical (unpaired) electrons.